The molecule has 1 aliphatic rings. The second kappa shape index (κ2) is 13.2. The Morgan fingerprint density at radius 1 is 1.13 bits per heavy atom. The first-order valence-corrected chi connectivity index (χ1v) is 10.8. The maximum absolute atomic E-state index is 11.6. The molecular formula is C24H34IN5O. The van der Waals surface area contributed by atoms with E-state index in [1.165, 1.54) is 5.56 Å². The summed E-state index contributed by atoms with van der Waals surface area (Å²) < 4.78 is 0. The van der Waals surface area contributed by atoms with Gasteiger partial charge in [-0.1, -0.05) is 42.5 Å². The second-order valence-electron chi connectivity index (χ2n) is 7.70. The van der Waals surface area contributed by atoms with Gasteiger partial charge in [-0.2, -0.15) is 0 Å². The summed E-state index contributed by atoms with van der Waals surface area (Å²) in [5.41, 5.74) is 3.59. The summed E-state index contributed by atoms with van der Waals surface area (Å²) in [5.74, 6) is 0.924. The molecular weight excluding hydrogens is 501 g/mol. The van der Waals surface area contributed by atoms with Crippen molar-refractivity contribution in [3.8, 4) is 0 Å². The Balaban J connectivity index is 0.00000341. The SMILES string of the molecule is CCNC(=NCc1ccc(N2CCNC(=O)C2)cc1)NC(C)CCc1ccccc1.I. The lowest BCUT2D eigenvalue weighted by Gasteiger charge is -2.28. The first-order chi connectivity index (χ1) is 14.6. The van der Waals surface area contributed by atoms with Crippen LogP contribution in [0.4, 0.5) is 5.69 Å². The molecule has 1 heterocycles. The summed E-state index contributed by atoms with van der Waals surface area (Å²) in [6.07, 6.45) is 2.09. The van der Waals surface area contributed by atoms with Gasteiger partial charge in [0.15, 0.2) is 5.96 Å². The van der Waals surface area contributed by atoms with Crippen molar-refractivity contribution in [1.82, 2.24) is 16.0 Å². The van der Waals surface area contributed by atoms with E-state index in [2.05, 4.69) is 89.3 Å². The summed E-state index contributed by atoms with van der Waals surface area (Å²) in [4.78, 5) is 18.4. The molecule has 1 unspecified atom stereocenters. The molecule has 1 saturated heterocycles. The molecule has 168 valence electrons. The number of carbonyl (C=O) groups is 1. The monoisotopic (exact) mass is 535 g/mol. The van der Waals surface area contributed by atoms with Crippen molar-refractivity contribution in [3.05, 3.63) is 65.7 Å². The Labute approximate surface area is 202 Å². The zero-order valence-electron chi connectivity index (χ0n) is 18.4. The van der Waals surface area contributed by atoms with Crippen molar-refractivity contribution in [2.24, 2.45) is 4.99 Å². The smallest absolute Gasteiger partial charge is 0.239 e. The van der Waals surface area contributed by atoms with Crippen molar-refractivity contribution in [3.63, 3.8) is 0 Å². The van der Waals surface area contributed by atoms with E-state index in [-0.39, 0.29) is 29.9 Å². The van der Waals surface area contributed by atoms with Gasteiger partial charge in [0.25, 0.3) is 0 Å². The van der Waals surface area contributed by atoms with Crippen LogP contribution in [-0.4, -0.2) is 44.1 Å². The fourth-order valence-electron chi connectivity index (χ4n) is 3.49. The number of nitrogens with one attached hydrogen (secondary N) is 3. The molecule has 7 heteroatoms. The molecule has 2 aromatic rings. The average Bonchev–Trinajstić information content (AvgIpc) is 2.77. The maximum atomic E-state index is 11.6. The topological polar surface area (TPSA) is 68.8 Å². The van der Waals surface area contributed by atoms with Crippen LogP contribution in [0.3, 0.4) is 0 Å². The molecule has 3 rings (SSSR count). The minimum atomic E-state index is 0. The number of aryl methyl sites for hydroxylation is 1. The molecule has 31 heavy (non-hydrogen) atoms. The Kier molecular flexibility index (Phi) is 10.6. The number of benzene rings is 2. The third-order valence-electron chi connectivity index (χ3n) is 5.20. The molecule has 1 aliphatic heterocycles. The summed E-state index contributed by atoms with van der Waals surface area (Å²) in [7, 11) is 0. The van der Waals surface area contributed by atoms with Crippen LogP contribution in [0.25, 0.3) is 0 Å². The number of carbonyl (C=O) groups excluding carboxylic acids is 1. The van der Waals surface area contributed by atoms with Gasteiger partial charge in [-0.3, -0.25) is 4.79 Å². The van der Waals surface area contributed by atoms with Crippen LogP contribution in [0.2, 0.25) is 0 Å². The van der Waals surface area contributed by atoms with Gasteiger partial charge in [0.05, 0.1) is 13.1 Å². The molecule has 3 N–H and O–H groups in total. The molecule has 1 atom stereocenters. The zero-order chi connectivity index (χ0) is 21.2. The summed E-state index contributed by atoms with van der Waals surface area (Å²) in [5, 5.41) is 9.71. The minimum absolute atomic E-state index is 0. The number of nitrogens with zero attached hydrogens (tertiary/aromatic N) is 2. The number of aliphatic imine (C=N–C) groups is 1. The van der Waals surface area contributed by atoms with Gasteiger partial charge in [-0.05, 0) is 49.9 Å². The lowest BCUT2D eigenvalue weighted by molar-refractivity contribution is -0.120. The summed E-state index contributed by atoms with van der Waals surface area (Å²) in [6, 6.07) is 19.2. The number of hydrogen-bond acceptors (Lipinski definition) is 3. The van der Waals surface area contributed by atoms with Crippen molar-refractivity contribution < 1.29 is 4.79 Å². The van der Waals surface area contributed by atoms with Crippen LogP contribution in [0, 0.1) is 0 Å². The Morgan fingerprint density at radius 2 is 1.87 bits per heavy atom. The highest BCUT2D eigenvalue weighted by Gasteiger charge is 2.16. The molecule has 0 bridgehead atoms. The van der Waals surface area contributed by atoms with Crippen LogP contribution in [0.1, 0.15) is 31.4 Å². The third-order valence-corrected chi connectivity index (χ3v) is 5.20. The largest absolute Gasteiger partial charge is 0.360 e. The van der Waals surface area contributed by atoms with E-state index < -0.39 is 0 Å². The number of guanidine groups is 1. The molecule has 0 spiro atoms. The van der Waals surface area contributed by atoms with E-state index in [9.17, 15) is 4.79 Å². The summed E-state index contributed by atoms with van der Waals surface area (Å²) >= 11 is 0. The lowest BCUT2D eigenvalue weighted by Crippen LogP contribution is -2.47. The molecule has 1 fully saturated rings. The van der Waals surface area contributed by atoms with Crippen molar-refractivity contribution in [2.45, 2.75) is 39.3 Å². The third kappa shape index (κ3) is 8.40. The maximum Gasteiger partial charge on any atom is 0.239 e. The van der Waals surface area contributed by atoms with Crippen LogP contribution in [0.5, 0.6) is 0 Å². The number of amides is 1. The highest BCUT2D eigenvalue weighted by Crippen LogP contribution is 2.16. The Hall–Kier alpha value is -2.29. The molecule has 2 aromatic carbocycles. The van der Waals surface area contributed by atoms with Crippen molar-refractivity contribution in [1.29, 1.82) is 0 Å². The predicted molar refractivity (Wildman–Crippen MR) is 139 cm³/mol. The van der Waals surface area contributed by atoms with Gasteiger partial charge in [-0.15, -0.1) is 24.0 Å². The van der Waals surface area contributed by atoms with E-state index in [1.807, 2.05) is 0 Å². The van der Waals surface area contributed by atoms with E-state index in [1.54, 1.807) is 0 Å². The number of anilines is 1. The molecule has 0 radical (unpaired) electrons. The minimum Gasteiger partial charge on any atom is -0.360 e. The second-order valence-corrected chi connectivity index (χ2v) is 7.70. The Morgan fingerprint density at radius 3 is 2.55 bits per heavy atom. The fraction of sp³-hybridized carbons (Fsp3) is 0.417. The first kappa shape index (κ1) is 25.0. The van der Waals surface area contributed by atoms with Crippen molar-refractivity contribution >= 4 is 41.5 Å². The van der Waals surface area contributed by atoms with Crippen LogP contribution in [0.15, 0.2) is 59.6 Å². The number of piperazine rings is 1. The van der Waals surface area contributed by atoms with Crippen molar-refractivity contribution in [2.75, 3.05) is 31.1 Å². The molecule has 0 aliphatic carbocycles. The predicted octanol–water partition coefficient (Wildman–Crippen LogP) is 3.32. The van der Waals surface area contributed by atoms with Gasteiger partial charge in [0.2, 0.25) is 5.91 Å². The molecule has 1 amide bonds. The molecule has 6 nitrogen and oxygen atoms in total. The first-order valence-electron chi connectivity index (χ1n) is 10.8. The van der Waals surface area contributed by atoms with E-state index >= 15 is 0 Å². The average molecular weight is 535 g/mol. The summed E-state index contributed by atoms with van der Waals surface area (Å²) in [6.45, 7) is 7.68. The molecule has 0 aromatic heterocycles. The normalized spacial score (nSPS) is 15.0. The van der Waals surface area contributed by atoms with Crippen LogP contribution in [-0.2, 0) is 17.8 Å². The van der Waals surface area contributed by atoms with Gasteiger partial charge < -0.3 is 20.9 Å². The number of rotatable bonds is 8. The van der Waals surface area contributed by atoms with Gasteiger partial charge in [-0.25, -0.2) is 4.99 Å². The molecule has 0 saturated carbocycles. The highest BCUT2D eigenvalue weighted by molar-refractivity contribution is 14.0. The lowest BCUT2D eigenvalue weighted by atomic mass is 10.1. The van der Waals surface area contributed by atoms with Gasteiger partial charge >= 0.3 is 0 Å². The highest BCUT2D eigenvalue weighted by atomic mass is 127. The van der Waals surface area contributed by atoms with E-state index in [0.29, 0.717) is 25.7 Å². The fourth-order valence-corrected chi connectivity index (χ4v) is 3.49. The zero-order valence-corrected chi connectivity index (χ0v) is 20.8. The Bertz CT molecular complexity index is 826. The number of halogens is 1. The van der Waals surface area contributed by atoms with Gasteiger partial charge in [0.1, 0.15) is 0 Å². The standard InChI is InChI=1S/C24H33N5O.HI/c1-3-25-24(28-19(2)9-10-20-7-5-4-6-8-20)27-17-21-11-13-22(14-12-21)29-16-15-26-23(30)18-29;/h4-8,11-14,19H,3,9-10,15-18H2,1-2H3,(H,26,30)(H2,25,27,28);1H. The van der Waals surface area contributed by atoms with Crippen LogP contribution < -0.4 is 20.9 Å². The van der Waals surface area contributed by atoms with E-state index in [4.69, 9.17) is 4.99 Å². The van der Waals surface area contributed by atoms with Crippen LogP contribution >= 0.6 is 24.0 Å². The van der Waals surface area contributed by atoms with Gasteiger partial charge in [0, 0.05) is 31.4 Å². The number of hydrogen-bond donors (Lipinski definition) is 3. The quantitative estimate of drug-likeness (QED) is 0.276. The van der Waals surface area contributed by atoms with E-state index in [0.717, 1.165) is 43.1 Å².